The molecule has 3 aromatic carbocycles. The van der Waals surface area contributed by atoms with Crippen molar-refractivity contribution in [1.82, 2.24) is 4.90 Å². The molecule has 4 rings (SSSR count). The first kappa shape index (κ1) is 26.3. The zero-order valence-electron chi connectivity index (χ0n) is 19.1. The Morgan fingerprint density at radius 3 is 2.19 bits per heavy atom. The van der Waals surface area contributed by atoms with Gasteiger partial charge in [0, 0.05) is 29.4 Å². The Balaban J connectivity index is 1.66. The van der Waals surface area contributed by atoms with E-state index in [1.54, 1.807) is 18.2 Å². The van der Waals surface area contributed by atoms with Gasteiger partial charge in [-0.05, 0) is 71.6 Å². The van der Waals surface area contributed by atoms with Crippen LogP contribution in [0, 0.1) is 0 Å². The number of ether oxygens (including phenoxy) is 1. The van der Waals surface area contributed by atoms with Gasteiger partial charge >= 0.3 is 6.18 Å². The fourth-order valence-corrected chi connectivity index (χ4v) is 5.05. The van der Waals surface area contributed by atoms with Crippen molar-refractivity contribution in [3.05, 3.63) is 81.3 Å². The molecular formula is C25H20Cl2F3NO4S. The van der Waals surface area contributed by atoms with Crippen LogP contribution in [0.25, 0.3) is 11.1 Å². The highest BCUT2D eigenvalue weighted by atomic mass is 35.5. The quantitative estimate of drug-likeness (QED) is 0.357. The third-order valence-corrected chi connectivity index (χ3v) is 7.33. The minimum atomic E-state index is -4.67. The van der Waals surface area contributed by atoms with E-state index in [0.29, 0.717) is 10.0 Å². The van der Waals surface area contributed by atoms with Gasteiger partial charge in [-0.2, -0.15) is 13.2 Å². The molecule has 0 saturated carbocycles. The number of carbonyl (C=O) groups excluding carboxylic acids is 1. The molecule has 1 aliphatic rings. The smallest absolute Gasteiger partial charge is 0.425 e. The van der Waals surface area contributed by atoms with E-state index in [0.717, 1.165) is 53.6 Å². The highest BCUT2D eigenvalue weighted by molar-refractivity contribution is 7.90. The largest absolute Gasteiger partial charge is 0.480 e. The summed E-state index contributed by atoms with van der Waals surface area (Å²) < 4.78 is 68.5. The number of hydrogen-bond acceptors (Lipinski definition) is 4. The number of benzene rings is 3. The Kier molecular flexibility index (Phi) is 7.02. The van der Waals surface area contributed by atoms with Crippen molar-refractivity contribution in [2.45, 2.75) is 37.2 Å². The van der Waals surface area contributed by atoms with Gasteiger partial charge in [0.05, 0.1) is 10.5 Å². The molecule has 0 radical (unpaired) electrons. The molecule has 1 atom stereocenters. The van der Waals surface area contributed by atoms with Crippen molar-refractivity contribution in [3.8, 4) is 16.9 Å². The zero-order chi connectivity index (χ0) is 26.4. The SMILES string of the molecule is CC(Oc1ccc(S(C)(=O)=O)cc1C(=O)N1Cc2ccc(-c3cc(Cl)cc(Cl)c3)cc2C1)C(F)(F)F. The van der Waals surface area contributed by atoms with E-state index >= 15 is 0 Å². The topological polar surface area (TPSA) is 63.7 Å². The first-order valence-corrected chi connectivity index (χ1v) is 13.3. The highest BCUT2D eigenvalue weighted by Gasteiger charge is 2.39. The summed E-state index contributed by atoms with van der Waals surface area (Å²) in [5, 5.41) is 0.947. The number of sulfone groups is 1. The van der Waals surface area contributed by atoms with E-state index in [-0.39, 0.29) is 29.3 Å². The molecule has 190 valence electrons. The van der Waals surface area contributed by atoms with Crippen molar-refractivity contribution in [3.63, 3.8) is 0 Å². The predicted molar refractivity (Wildman–Crippen MR) is 131 cm³/mol. The van der Waals surface area contributed by atoms with Gasteiger partial charge in [-0.25, -0.2) is 8.42 Å². The third kappa shape index (κ3) is 5.63. The molecule has 0 aliphatic carbocycles. The van der Waals surface area contributed by atoms with Crippen molar-refractivity contribution in [2.24, 2.45) is 0 Å². The minimum absolute atomic E-state index is 0.174. The summed E-state index contributed by atoms with van der Waals surface area (Å²) in [4.78, 5) is 14.6. The summed E-state index contributed by atoms with van der Waals surface area (Å²) in [7, 11) is -3.72. The number of alkyl halides is 3. The van der Waals surface area contributed by atoms with E-state index in [1.807, 2.05) is 18.2 Å². The van der Waals surface area contributed by atoms with Crippen LogP contribution in [-0.2, 0) is 22.9 Å². The van der Waals surface area contributed by atoms with Crippen LogP contribution < -0.4 is 4.74 Å². The van der Waals surface area contributed by atoms with Gasteiger partial charge in [0.2, 0.25) is 0 Å². The average molecular weight is 558 g/mol. The lowest BCUT2D eigenvalue weighted by atomic mass is 10.0. The van der Waals surface area contributed by atoms with Crippen LogP contribution in [0.3, 0.4) is 0 Å². The monoisotopic (exact) mass is 557 g/mol. The fourth-order valence-electron chi connectivity index (χ4n) is 3.88. The molecule has 0 spiro atoms. The molecule has 0 saturated heterocycles. The summed E-state index contributed by atoms with van der Waals surface area (Å²) in [5.41, 5.74) is 3.05. The normalized spacial score (nSPS) is 14.5. The van der Waals surface area contributed by atoms with E-state index < -0.39 is 28.0 Å². The second-order valence-corrected chi connectivity index (χ2v) is 11.4. The zero-order valence-corrected chi connectivity index (χ0v) is 21.4. The fraction of sp³-hybridized carbons (Fsp3) is 0.240. The molecular weight excluding hydrogens is 538 g/mol. The Morgan fingerprint density at radius 1 is 0.944 bits per heavy atom. The summed E-state index contributed by atoms with van der Waals surface area (Å²) >= 11 is 12.2. The van der Waals surface area contributed by atoms with Gasteiger partial charge in [0.25, 0.3) is 5.91 Å². The molecule has 1 unspecified atom stereocenters. The highest BCUT2D eigenvalue weighted by Crippen LogP contribution is 2.34. The van der Waals surface area contributed by atoms with Gasteiger partial charge in [-0.3, -0.25) is 4.79 Å². The number of carbonyl (C=O) groups is 1. The Bertz CT molecular complexity index is 1440. The lowest BCUT2D eigenvalue weighted by Gasteiger charge is -2.22. The summed E-state index contributed by atoms with van der Waals surface area (Å²) in [6.07, 6.45) is -5.92. The van der Waals surface area contributed by atoms with E-state index in [4.69, 9.17) is 27.9 Å². The maximum Gasteiger partial charge on any atom is 0.425 e. The van der Waals surface area contributed by atoms with Crippen LogP contribution in [0.4, 0.5) is 13.2 Å². The number of halogens is 5. The van der Waals surface area contributed by atoms with Gasteiger partial charge in [-0.1, -0.05) is 35.3 Å². The summed E-state index contributed by atoms with van der Waals surface area (Å²) in [6, 6.07) is 14.0. The molecule has 3 aromatic rings. The molecule has 1 aliphatic heterocycles. The Morgan fingerprint density at radius 2 is 1.58 bits per heavy atom. The standard InChI is InChI=1S/C25H20Cl2F3NO4S/c1-14(25(28,29)30)35-23-6-5-21(36(2,33)34)11-22(23)24(32)31-12-16-4-3-15(7-18(16)13-31)17-8-19(26)10-20(27)9-17/h3-11,14H,12-13H2,1-2H3. The van der Waals surface area contributed by atoms with Crippen LogP contribution >= 0.6 is 23.2 Å². The second kappa shape index (κ2) is 9.61. The maximum absolute atomic E-state index is 13.4. The van der Waals surface area contributed by atoms with Gasteiger partial charge in [-0.15, -0.1) is 0 Å². The van der Waals surface area contributed by atoms with Crippen molar-refractivity contribution < 1.29 is 31.1 Å². The molecule has 0 bridgehead atoms. The Labute approximate surface area is 216 Å². The minimum Gasteiger partial charge on any atom is -0.480 e. The van der Waals surface area contributed by atoms with Crippen LogP contribution in [0.1, 0.15) is 28.4 Å². The van der Waals surface area contributed by atoms with Crippen LogP contribution in [0.15, 0.2) is 59.5 Å². The average Bonchev–Trinajstić information content (AvgIpc) is 3.20. The molecule has 0 fully saturated rings. The van der Waals surface area contributed by atoms with Crippen molar-refractivity contribution >= 4 is 38.9 Å². The summed E-state index contributed by atoms with van der Waals surface area (Å²) in [5.74, 6) is -0.990. The van der Waals surface area contributed by atoms with E-state index in [1.165, 1.54) is 4.90 Å². The number of amides is 1. The van der Waals surface area contributed by atoms with Crippen molar-refractivity contribution in [2.75, 3.05) is 6.26 Å². The molecule has 5 nitrogen and oxygen atoms in total. The van der Waals surface area contributed by atoms with Crippen LogP contribution in [0.5, 0.6) is 5.75 Å². The maximum atomic E-state index is 13.4. The van der Waals surface area contributed by atoms with Gasteiger partial charge in [0.1, 0.15) is 5.75 Å². The number of rotatable bonds is 5. The number of hydrogen-bond donors (Lipinski definition) is 0. The molecule has 11 heteroatoms. The molecule has 1 amide bonds. The van der Waals surface area contributed by atoms with Crippen molar-refractivity contribution in [1.29, 1.82) is 0 Å². The van der Waals surface area contributed by atoms with Crippen LogP contribution in [0.2, 0.25) is 10.0 Å². The number of fused-ring (bicyclic) bond motifs is 1. The van der Waals surface area contributed by atoms with Crippen LogP contribution in [-0.4, -0.2) is 37.8 Å². The van der Waals surface area contributed by atoms with E-state index in [9.17, 15) is 26.4 Å². The van der Waals surface area contributed by atoms with Gasteiger partial charge in [0.15, 0.2) is 15.9 Å². The van der Waals surface area contributed by atoms with E-state index in [2.05, 4.69) is 0 Å². The Hall–Kier alpha value is -2.75. The molecule has 0 aromatic heterocycles. The lowest BCUT2D eigenvalue weighted by Crippen LogP contribution is -2.32. The molecule has 0 N–H and O–H groups in total. The molecule has 1 heterocycles. The van der Waals surface area contributed by atoms with Gasteiger partial charge < -0.3 is 9.64 Å². The first-order valence-electron chi connectivity index (χ1n) is 10.7. The first-order chi connectivity index (χ1) is 16.7. The lowest BCUT2D eigenvalue weighted by molar-refractivity contribution is -0.189. The third-order valence-electron chi connectivity index (χ3n) is 5.79. The number of nitrogens with zero attached hydrogens (tertiary/aromatic N) is 1. The predicted octanol–water partition coefficient (Wildman–Crippen LogP) is 6.55. The summed E-state index contributed by atoms with van der Waals surface area (Å²) in [6.45, 7) is 1.18. The second-order valence-electron chi connectivity index (χ2n) is 8.53. The molecule has 36 heavy (non-hydrogen) atoms.